The molecule has 0 fully saturated rings. The number of aromatic amines is 1. The number of aryl methyl sites for hydroxylation is 1. The lowest BCUT2D eigenvalue weighted by Gasteiger charge is -2.05. The Balaban J connectivity index is 1.68. The number of nitrogens with one attached hydrogen (secondary N) is 1. The van der Waals surface area contributed by atoms with E-state index in [1.54, 1.807) is 18.5 Å². The van der Waals surface area contributed by atoms with Crippen molar-refractivity contribution in [3.63, 3.8) is 0 Å². The Hall–Kier alpha value is -1.97. The lowest BCUT2D eigenvalue weighted by atomic mass is 10.1. The van der Waals surface area contributed by atoms with Gasteiger partial charge in [-0.3, -0.25) is 9.78 Å². The van der Waals surface area contributed by atoms with Crippen molar-refractivity contribution in [2.75, 3.05) is 0 Å². The molecule has 0 aromatic carbocycles. The molecular weight excluding hydrogens is 310 g/mol. The number of rotatable bonds is 12. The largest absolute Gasteiger partial charge is 0.311 e. The summed E-state index contributed by atoms with van der Waals surface area (Å²) in [6, 6.07) is 5.31. The van der Waals surface area contributed by atoms with Crippen LogP contribution in [0.3, 0.4) is 0 Å². The van der Waals surface area contributed by atoms with Crippen molar-refractivity contribution in [3.8, 4) is 11.3 Å². The van der Waals surface area contributed by atoms with Gasteiger partial charge < -0.3 is 4.98 Å². The van der Waals surface area contributed by atoms with E-state index in [9.17, 15) is 4.79 Å². The molecule has 0 saturated heterocycles. The third-order valence-corrected chi connectivity index (χ3v) is 4.53. The van der Waals surface area contributed by atoms with Crippen molar-refractivity contribution in [1.82, 2.24) is 15.0 Å². The second-order valence-electron chi connectivity index (χ2n) is 6.75. The summed E-state index contributed by atoms with van der Waals surface area (Å²) >= 11 is 0. The van der Waals surface area contributed by atoms with E-state index < -0.39 is 0 Å². The molecule has 0 unspecified atom stereocenters. The first-order chi connectivity index (χ1) is 12.3. The van der Waals surface area contributed by atoms with Gasteiger partial charge in [0.15, 0.2) is 0 Å². The normalized spacial score (nSPS) is 10.9. The zero-order valence-electron chi connectivity index (χ0n) is 15.5. The molecule has 0 aliphatic rings. The molecule has 0 atom stereocenters. The van der Waals surface area contributed by atoms with Crippen LogP contribution in [-0.4, -0.2) is 15.0 Å². The van der Waals surface area contributed by atoms with Crippen LogP contribution in [0.15, 0.2) is 35.4 Å². The summed E-state index contributed by atoms with van der Waals surface area (Å²) in [7, 11) is 0. The van der Waals surface area contributed by atoms with Crippen LogP contribution in [-0.2, 0) is 6.42 Å². The van der Waals surface area contributed by atoms with E-state index in [0.29, 0.717) is 0 Å². The fourth-order valence-corrected chi connectivity index (χ4v) is 3.08. The quantitative estimate of drug-likeness (QED) is 0.533. The highest BCUT2D eigenvalue weighted by Crippen LogP contribution is 2.15. The Bertz CT molecular complexity index is 652. The summed E-state index contributed by atoms with van der Waals surface area (Å²) in [5.74, 6) is 0.791. The lowest BCUT2D eigenvalue weighted by molar-refractivity contribution is 0.554. The Morgan fingerprint density at radius 3 is 2.12 bits per heavy atom. The SMILES string of the molecule is CCCCCCCCCCCCc1nc(-c2ccncc2)cc(=O)[nH]1. The average molecular weight is 341 g/mol. The van der Waals surface area contributed by atoms with Crippen molar-refractivity contribution in [3.05, 3.63) is 46.8 Å². The minimum Gasteiger partial charge on any atom is -0.311 e. The monoisotopic (exact) mass is 341 g/mol. The van der Waals surface area contributed by atoms with Crippen molar-refractivity contribution in [1.29, 1.82) is 0 Å². The number of hydrogen-bond donors (Lipinski definition) is 1. The number of pyridine rings is 1. The fourth-order valence-electron chi connectivity index (χ4n) is 3.08. The smallest absolute Gasteiger partial charge is 0.251 e. The molecule has 136 valence electrons. The third-order valence-electron chi connectivity index (χ3n) is 4.53. The summed E-state index contributed by atoms with van der Waals surface area (Å²) in [5.41, 5.74) is 1.59. The van der Waals surface area contributed by atoms with Crippen LogP contribution < -0.4 is 5.56 Å². The standard InChI is InChI=1S/C21H31N3O/c1-2-3-4-5-6-7-8-9-10-11-12-20-23-19(17-21(25)24-20)18-13-15-22-16-14-18/h13-17H,2-12H2,1H3,(H,23,24,25). The molecular formula is C21H31N3O. The van der Waals surface area contributed by atoms with Gasteiger partial charge in [0, 0.05) is 30.4 Å². The van der Waals surface area contributed by atoms with Crippen LogP contribution in [0.4, 0.5) is 0 Å². The molecule has 0 aliphatic carbocycles. The van der Waals surface area contributed by atoms with Crippen LogP contribution in [0, 0.1) is 0 Å². The van der Waals surface area contributed by atoms with E-state index in [0.717, 1.165) is 29.9 Å². The second kappa shape index (κ2) is 11.6. The molecule has 0 radical (unpaired) electrons. The zero-order chi connectivity index (χ0) is 17.7. The topological polar surface area (TPSA) is 58.6 Å². The molecule has 4 heteroatoms. The average Bonchev–Trinajstić information content (AvgIpc) is 2.63. The van der Waals surface area contributed by atoms with Crippen molar-refractivity contribution >= 4 is 0 Å². The lowest BCUT2D eigenvalue weighted by Crippen LogP contribution is -2.11. The highest BCUT2D eigenvalue weighted by Gasteiger charge is 2.04. The second-order valence-corrected chi connectivity index (χ2v) is 6.75. The van der Waals surface area contributed by atoms with Crippen LogP contribution >= 0.6 is 0 Å². The molecule has 25 heavy (non-hydrogen) atoms. The summed E-state index contributed by atoms with van der Waals surface area (Å²) < 4.78 is 0. The Kier molecular flexibility index (Phi) is 8.95. The number of hydrogen-bond acceptors (Lipinski definition) is 3. The number of nitrogens with zero attached hydrogens (tertiary/aromatic N) is 2. The van der Waals surface area contributed by atoms with Gasteiger partial charge in [-0.05, 0) is 18.6 Å². The molecule has 0 amide bonds. The van der Waals surface area contributed by atoms with Crippen LogP contribution in [0.25, 0.3) is 11.3 Å². The number of unbranched alkanes of at least 4 members (excludes halogenated alkanes) is 9. The maximum Gasteiger partial charge on any atom is 0.251 e. The van der Waals surface area contributed by atoms with Gasteiger partial charge >= 0.3 is 0 Å². The van der Waals surface area contributed by atoms with Crippen molar-refractivity contribution in [2.24, 2.45) is 0 Å². The van der Waals surface area contributed by atoms with Crippen LogP contribution in [0.1, 0.15) is 77.0 Å². The van der Waals surface area contributed by atoms with Crippen molar-refractivity contribution in [2.45, 2.75) is 77.6 Å². The minimum absolute atomic E-state index is 0.0797. The Morgan fingerprint density at radius 1 is 0.880 bits per heavy atom. The maximum absolute atomic E-state index is 11.9. The van der Waals surface area contributed by atoms with Gasteiger partial charge in [0.1, 0.15) is 5.82 Å². The van der Waals surface area contributed by atoms with Crippen LogP contribution in [0.2, 0.25) is 0 Å². The highest BCUT2D eigenvalue weighted by atomic mass is 16.1. The summed E-state index contributed by atoms with van der Waals surface area (Å²) in [5, 5.41) is 0. The van der Waals surface area contributed by atoms with Gasteiger partial charge in [0.25, 0.3) is 5.56 Å². The Morgan fingerprint density at radius 2 is 1.48 bits per heavy atom. The maximum atomic E-state index is 11.9. The van der Waals surface area contributed by atoms with E-state index in [-0.39, 0.29) is 5.56 Å². The van der Waals surface area contributed by atoms with Gasteiger partial charge in [0.2, 0.25) is 0 Å². The number of H-pyrrole nitrogens is 1. The van der Waals surface area contributed by atoms with E-state index in [2.05, 4.69) is 21.9 Å². The molecule has 0 aliphatic heterocycles. The van der Waals surface area contributed by atoms with E-state index in [4.69, 9.17) is 0 Å². The summed E-state index contributed by atoms with van der Waals surface area (Å²) in [6.07, 6.45) is 17.4. The van der Waals surface area contributed by atoms with Gasteiger partial charge in [-0.1, -0.05) is 64.7 Å². The Labute approximate surface area is 151 Å². The molecule has 2 aromatic rings. The molecule has 4 nitrogen and oxygen atoms in total. The van der Waals surface area contributed by atoms with Gasteiger partial charge in [0.05, 0.1) is 5.69 Å². The van der Waals surface area contributed by atoms with Crippen LogP contribution in [0.5, 0.6) is 0 Å². The van der Waals surface area contributed by atoms with E-state index >= 15 is 0 Å². The number of aromatic nitrogens is 3. The molecule has 0 spiro atoms. The van der Waals surface area contributed by atoms with Gasteiger partial charge in [-0.2, -0.15) is 0 Å². The van der Waals surface area contributed by atoms with Gasteiger partial charge in [-0.25, -0.2) is 4.98 Å². The fraction of sp³-hybridized carbons (Fsp3) is 0.571. The summed E-state index contributed by atoms with van der Waals surface area (Å²) in [4.78, 5) is 23.3. The predicted octanol–water partition coefficient (Wildman–Crippen LogP) is 5.30. The summed E-state index contributed by atoms with van der Waals surface area (Å²) in [6.45, 7) is 2.26. The first-order valence-corrected chi connectivity index (χ1v) is 9.80. The molecule has 0 saturated carbocycles. The molecule has 2 heterocycles. The van der Waals surface area contributed by atoms with Crippen molar-refractivity contribution < 1.29 is 0 Å². The third kappa shape index (κ3) is 7.63. The highest BCUT2D eigenvalue weighted by molar-refractivity contribution is 5.57. The molecule has 0 bridgehead atoms. The predicted molar refractivity (Wildman–Crippen MR) is 104 cm³/mol. The van der Waals surface area contributed by atoms with E-state index in [1.807, 2.05) is 12.1 Å². The first kappa shape index (κ1) is 19.4. The molecule has 2 rings (SSSR count). The zero-order valence-corrected chi connectivity index (χ0v) is 15.5. The molecule has 2 aromatic heterocycles. The minimum atomic E-state index is -0.0797. The van der Waals surface area contributed by atoms with Gasteiger partial charge in [-0.15, -0.1) is 0 Å². The first-order valence-electron chi connectivity index (χ1n) is 9.80. The van der Waals surface area contributed by atoms with E-state index in [1.165, 1.54) is 57.8 Å². The molecule has 1 N–H and O–H groups in total.